The number of halogens is 5. The standard InChI is InChI=1S/C25H24Cl2N6O5S.C2HF3O2/c1-2-5-21(34)29-15-6-3-7-17(12-15)39(37,38)33-11-10-16(14-33)30-25(36)23-20(13-28-32-23)31-24(35)22-18(26)8-4-9-19(22)27;3-2(4,5)1(6)7/h2-9,12-13,16H,10-11,14H2,1H3,(H,28,32)(H,29,34)(H,30,36)(H,31,35);(H,6,7)/b5-2+;/t16-;/m0./s1. The Labute approximate surface area is 269 Å². The van der Waals surface area contributed by atoms with Crippen molar-refractivity contribution in [3.05, 3.63) is 82.1 Å². The smallest absolute Gasteiger partial charge is 0.475 e. The molecule has 0 bridgehead atoms. The normalized spacial score (nSPS) is 15.1. The summed E-state index contributed by atoms with van der Waals surface area (Å²) in [6, 6.07) is 10.1. The summed E-state index contributed by atoms with van der Waals surface area (Å²) >= 11 is 12.2. The summed E-state index contributed by atoms with van der Waals surface area (Å²) in [5.74, 6) is -4.33. The Hall–Kier alpha value is -4.45. The number of alkyl halides is 3. The van der Waals surface area contributed by atoms with E-state index in [2.05, 4.69) is 26.1 Å². The van der Waals surface area contributed by atoms with Crippen LogP contribution in [0.5, 0.6) is 0 Å². The van der Waals surface area contributed by atoms with Gasteiger partial charge in [0.1, 0.15) is 5.69 Å². The van der Waals surface area contributed by atoms with Gasteiger partial charge in [0.25, 0.3) is 11.8 Å². The summed E-state index contributed by atoms with van der Waals surface area (Å²) in [5.41, 5.74) is 0.482. The van der Waals surface area contributed by atoms with Gasteiger partial charge in [0.2, 0.25) is 15.9 Å². The van der Waals surface area contributed by atoms with Gasteiger partial charge in [-0.1, -0.05) is 41.4 Å². The largest absolute Gasteiger partial charge is 0.490 e. The number of carbonyl (C=O) groups is 4. The van der Waals surface area contributed by atoms with Crippen LogP contribution in [0.3, 0.4) is 0 Å². The van der Waals surface area contributed by atoms with Gasteiger partial charge in [-0.15, -0.1) is 0 Å². The molecule has 246 valence electrons. The molecule has 3 amide bonds. The fourth-order valence-corrected chi connectivity index (χ4v) is 6.11. The molecule has 1 saturated heterocycles. The van der Waals surface area contributed by atoms with Crippen LogP contribution in [0.4, 0.5) is 24.5 Å². The number of hydrogen-bond donors (Lipinski definition) is 5. The predicted octanol–water partition coefficient (Wildman–Crippen LogP) is 4.31. The zero-order valence-corrected chi connectivity index (χ0v) is 25.9. The number of aliphatic carboxylic acids is 1. The molecular weight excluding hydrogens is 680 g/mol. The van der Waals surface area contributed by atoms with Crippen LogP contribution in [0.15, 0.2) is 65.7 Å². The van der Waals surface area contributed by atoms with E-state index < -0.39 is 40.0 Å². The maximum Gasteiger partial charge on any atom is 0.490 e. The summed E-state index contributed by atoms with van der Waals surface area (Å²) in [4.78, 5) is 46.4. The lowest BCUT2D eigenvalue weighted by Gasteiger charge is -2.18. The minimum absolute atomic E-state index is 0.0163. The van der Waals surface area contributed by atoms with E-state index in [0.29, 0.717) is 12.1 Å². The summed E-state index contributed by atoms with van der Waals surface area (Å²) < 4.78 is 59.4. The molecule has 1 atom stereocenters. The van der Waals surface area contributed by atoms with E-state index in [0.717, 1.165) is 0 Å². The lowest BCUT2D eigenvalue weighted by molar-refractivity contribution is -0.192. The number of benzene rings is 2. The Morgan fingerprint density at radius 2 is 1.70 bits per heavy atom. The number of aromatic nitrogens is 2. The molecule has 0 spiro atoms. The number of H-pyrrole nitrogens is 1. The average molecular weight is 705 g/mol. The average Bonchev–Trinajstić information content (AvgIpc) is 3.63. The van der Waals surface area contributed by atoms with Crippen LogP contribution in [0.25, 0.3) is 0 Å². The highest BCUT2D eigenvalue weighted by molar-refractivity contribution is 7.89. The number of carboxylic acids is 1. The van der Waals surface area contributed by atoms with Crippen LogP contribution >= 0.6 is 23.2 Å². The van der Waals surface area contributed by atoms with E-state index in [-0.39, 0.29) is 50.9 Å². The van der Waals surface area contributed by atoms with Crippen molar-refractivity contribution in [2.75, 3.05) is 23.7 Å². The maximum absolute atomic E-state index is 13.2. The van der Waals surface area contributed by atoms with Crippen molar-refractivity contribution in [1.29, 1.82) is 0 Å². The number of allylic oxidation sites excluding steroid dienone is 1. The monoisotopic (exact) mass is 704 g/mol. The summed E-state index contributed by atoms with van der Waals surface area (Å²) in [7, 11) is -3.88. The number of nitrogens with one attached hydrogen (secondary N) is 4. The Bertz CT molecular complexity index is 1750. The molecule has 19 heteroatoms. The highest BCUT2D eigenvalue weighted by Gasteiger charge is 2.38. The summed E-state index contributed by atoms with van der Waals surface area (Å²) in [5, 5.41) is 21.8. The molecule has 3 aromatic rings. The third-order valence-corrected chi connectivity index (χ3v) is 8.58. The fraction of sp³-hybridized carbons (Fsp3) is 0.222. The summed E-state index contributed by atoms with van der Waals surface area (Å²) in [6.45, 7) is 1.91. The van der Waals surface area contributed by atoms with Crippen molar-refractivity contribution in [1.82, 2.24) is 19.8 Å². The van der Waals surface area contributed by atoms with Gasteiger partial charge in [-0.3, -0.25) is 19.5 Å². The third kappa shape index (κ3) is 9.29. The molecule has 1 aromatic heterocycles. The highest BCUT2D eigenvalue weighted by atomic mass is 35.5. The Morgan fingerprint density at radius 3 is 2.30 bits per heavy atom. The molecule has 0 saturated carbocycles. The van der Waals surface area contributed by atoms with E-state index in [4.69, 9.17) is 33.1 Å². The molecule has 5 N–H and O–H groups in total. The SMILES string of the molecule is C/C=C/C(=O)Nc1cccc(S(=O)(=O)N2CC[C@H](NC(=O)c3[nH]ncc3NC(=O)c3c(Cl)cccc3Cl)C2)c1.O=C(O)C(F)(F)F. The first-order chi connectivity index (χ1) is 21.5. The van der Waals surface area contributed by atoms with Crippen molar-refractivity contribution >= 4 is 68.3 Å². The van der Waals surface area contributed by atoms with Crippen molar-refractivity contribution in [3.8, 4) is 0 Å². The van der Waals surface area contributed by atoms with E-state index in [9.17, 15) is 36.0 Å². The molecule has 4 rings (SSSR count). The lowest BCUT2D eigenvalue weighted by Crippen LogP contribution is -2.39. The molecule has 2 aromatic carbocycles. The Kier molecular flexibility index (Phi) is 11.9. The van der Waals surface area contributed by atoms with Crippen LogP contribution in [-0.4, -0.2) is 77.0 Å². The maximum atomic E-state index is 13.2. The van der Waals surface area contributed by atoms with Crippen molar-refractivity contribution in [3.63, 3.8) is 0 Å². The second-order valence-electron chi connectivity index (χ2n) is 9.35. The number of amides is 3. The van der Waals surface area contributed by atoms with Gasteiger partial charge in [-0.05, 0) is 49.8 Å². The molecule has 0 unspecified atom stereocenters. The third-order valence-electron chi connectivity index (χ3n) is 6.09. The van der Waals surface area contributed by atoms with E-state index in [1.165, 1.54) is 46.9 Å². The van der Waals surface area contributed by atoms with Gasteiger partial charge >= 0.3 is 12.1 Å². The fourth-order valence-electron chi connectivity index (χ4n) is 3.99. The van der Waals surface area contributed by atoms with E-state index >= 15 is 0 Å². The van der Waals surface area contributed by atoms with Crippen molar-refractivity contribution in [2.24, 2.45) is 0 Å². The van der Waals surface area contributed by atoms with Crippen LogP contribution in [0, 0.1) is 0 Å². The highest BCUT2D eigenvalue weighted by Crippen LogP contribution is 2.27. The van der Waals surface area contributed by atoms with Crippen LogP contribution in [0.2, 0.25) is 10.0 Å². The zero-order valence-electron chi connectivity index (χ0n) is 23.6. The number of aromatic amines is 1. The quantitative estimate of drug-likeness (QED) is 0.214. The van der Waals surface area contributed by atoms with Gasteiger partial charge in [0.05, 0.1) is 32.4 Å². The predicted molar refractivity (Wildman–Crippen MR) is 161 cm³/mol. The molecule has 1 fully saturated rings. The first-order valence-electron chi connectivity index (χ1n) is 13.0. The molecule has 0 aliphatic carbocycles. The van der Waals surface area contributed by atoms with Crippen LogP contribution in [-0.2, 0) is 19.6 Å². The number of hydrogen-bond acceptors (Lipinski definition) is 7. The first kappa shape index (κ1) is 36.0. The van der Waals surface area contributed by atoms with E-state index in [1.54, 1.807) is 25.1 Å². The number of carboxylic acid groups (broad SMARTS) is 1. The molecule has 13 nitrogen and oxygen atoms in total. The number of rotatable bonds is 8. The van der Waals surface area contributed by atoms with Crippen LogP contribution in [0.1, 0.15) is 34.2 Å². The van der Waals surface area contributed by atoms with Gasteiger partial charge < -0.3 is 21.1 Å². The Morgan fingerprint density at radius 1 is 1.07 bits per heavy atom. The zero-order chi connectivity index (χ0) is 34.2. The number of anilines is 2. The number of carbonyl (C=O) groups excluding carboxylic acids is 3. The van der Waals surface area contributed by atoms with Crippen molar-refractivity contribution in [2.45, 2.75) is 30.5 Å². The van der Waals surface area contributed by atoms with Gasteiger partial charge in [-0.25, -0.2) is 13.2 Å². The van der Waals surface area contributed by atoms with Crippen LogP contribution < -0.4 is 16.0 Å². The molecule has 2 heterocycles. The minimum atomic E-state index is -5.08. The topological polar surface area (TPSA) is 191 Å². The minimum Gasteiger partial charge on any atom is -0.475 e. The van der Waals surface area contributed by atoms with Gasteiger partial charge in [0.15, 0.2) is 0 Å². The van der Waals surface area contributed by atoms with Crippen molar-refractivity contribution < 1.29 is 45.9 Å². The first-order valence-corrected chi connectivity index (χ1v) is 15.2. The molecule has 1 aliphatic rings. The van der Waals surface area contributed by atoms with E-state index in [1.807, 2.05) is 0 Å². The summed E-state index contributed by atoms with van der Waals surface area (Å²) in [6.07, 6.45) is -0.542. The Balaban J connectivity index is 0.000000738. The lowest BCUT2D eigenvalue weighted by atomic mass is 10.2. The second kappa shape index (κ2) is 15.2. The van der Waals surface area contributed by atoms with Gasteiger partial charge in [0, 0.05) is 24.8 Å². The number of sulfonamides is 1. The number of nitrogens with zero attached hydrogens (tertiary/aromatic N) is 2. The second-order valence-corrected chi connectivity index (χ2v) is 12.1. The molecule has 1 aliphatic heterocycles. The molecule has 0 radical (unpaired) electrons. The van der Waals surface area contributed by atoms with Gasteiger partial charge in [-0.2, -0.15) is 22.6 Å². The molecular formula is C27H25Cl2F3N6O7S. The molecule has 46 heavy (non-hydrogen) atoms.